The van der Waals surface area contributed by atoms with E-state index in [-0.39, 0.29) is 34.6 Å². The van der Waals surface area contributed by atoms with Crippen molar-refractivity contribution >= 4 is 40.8 Å². The number of rotatable bonds is 8. The number of nitrogens with zero attached hydrogens (tertiary/aromatic N) is 4. The first-order chi connectivity index (χ1) is 22.1. The van der Waals surface area contributed by atoms with Gasteiger partial charge in [0.25, 0.3) is 11.5 Å². The van der Waals surface area contributed by atoms with Gasteiger partial charge in [-0.25, -0.2) is 9.67 Å². The Hall–Kier alpha value is -4.25. The summed E-state index contributed by atoms with van der Waals surface area (Å²) >= 11 is 13.9. The zero-order chi connectivity index (χ0) is 32.7. The maximum atomic E-state index is 12.9. The fourth-order valence-electron chi connectivity index (χ4n) is 6.13. The lowest BCUT2D eigenvalue weighted by molar-refractivity contribution is -0.159. The van der Waals surface area contributed by atoms with Gasteiger partial charge in [0.1, 0.15) is 5.56 Å². The molecule has 1 unspecified atom stereocenters. The number of amides is 1. The molecule has 6 rings (SSSR count). The fraction of sp³-hybridized carbons (Fsp3) is 0.324. The summed E-state index contributed by atoms with van der Waals surface area (Å²) < 4.78 is 12.3. The van der Waals surface area contributed by atoms with Crippen molar-refractivity contribution in [1.82, 2.24) is 19.7 Å². The number of ether oxygens (including phenoxy) is 2. The normalized spacial score (nSPS) is 16.2. The zero-order valence-corrected chi connectivity index (χ0v) is 27.4. The maximum Gasteiger partial charge on any atom is 0.311 e. The number of aromatic nitrogens is 3. The third kappa shape index (κ3) is 5.88. The fourth-order valence-corrected chi connectivity index (χ4v) is 6.73. The smallest absolute Gasteiger partial charge is 0.311 e. The number of anilines is 1. The van der Waals surface area contributed by atoms with Crippen LogP contribution >= 0.6 is 23.2 Å². The number of carbonyl (C=O) groups excluding carboxylic acids is 2. The molecular formula is C34H33Cl2N5O5. The molecule has 0 radical (unpaired) electrons. The molecule has 1 saturated heterocycles. The quantitative estimate of drug-likeness (QED) is 0.231. The van der Waals surface area contributed by atoms with Crippen LogP contribution in [-0.4, -0.2) is 57.8 Å². The summed E-state index contributed by atoms with van der Waals surface area (Å²) in [6, 6.07) is 14.4. The van der Waals surface area contributed by atoms with E-state index in [4.69, 9.17) is 37.7 Å². The number of nitrogens with one attached hydrogen (secondary N) is 1. The van der Waals surface area contributed by atoms with Gasteiger partial charge in [0.05, 0.1) is 40.6 Å². The van der Waals surface area contributed by atoms with Gasteiger partial charge >= 0.3 is 5.97 Å². The highest BCUT2D eigenvalue weighted by Gasteiger charge is 2.42. The number of esters is 1. The Morgan fingerprint density at radius 2 is 1.72 bits per heavy atom. The van der Waals surface area contributed by atoms with Gasteiger partial charge in [-0.1, -0.05) is 53.5 Å². The lowest BCUT2D eigenvalue weighted by atomic mass is 9.95. The van der Waals surface area contributed by atoms with Crippen molar-refractivity contribution in [2.24, 2.45) is 13.0 Å². The van der Waals surface area contributed by atoms with Crippen LogP contribution in [0, 0.1) is 5.92 Å². The van der Waals surface area contributed by atoms with Crippen LogP contribution in [0.1, 0.15) is 47.8 Å². The van der Waals surface area contributed by atoms with E-state index in [0.717, 1.165) is 28.7 Å². The summed E-state index contributed by atoms with van der Waals surface area (Å²) in [5.74, 6) is -0.326. The summed E-state index contributed by atoms with van der Waals surface area (Å²) in [5.41, 5.74) is 4.56. The topological polar surface area (TPSA) is 116 Å². The molecule has 46 heavy (non-hydrogen) atoms. The molecule has 1 N–H and O–H groups in total. The molecular weight excluding hydrogens is 629 g/mol. The van der Waals surface area contributed by atoms with Gasteiger partial charge in [0.2, 0.25) is 5.88 Å². The van der Waals surface area contributed by atoms with Gasteiger partial charge < -0.3 is 14.8 Å². The largest absolute Gasteiger partial charge is 0.481 e. The van der Waals surface area contributed by atoms with E-state index in [2.05, 4.69) is 21.4 Å². The molecule has 0 bridgehead atoms. The molecule has 0 saturated carbocycles. The SMILES string of the molecule is COc1nc(-c2cccc(-c3cccc(NC(=O)c4ccnn(C)c4=O)c3Cl)c2Cl)cc2c1C(N1CC(C(=O)OC(C)C)C1)CC2. The molecule has 1 aliphatic heterocycles. The van der Waals surface area contributed by atoms with E-state index >= 15 is 0 Å². The van der Waals surface area contributed by atoms with Crippen LogP contribution in [0.5, 0.6) is 5.88 Å². The van der Waals surface area contributed by atoms with E-state index in [1.54, 1.807) is 19.2 Å². The van der Waals surface area contributed by atoms with Gasteiger partial charge in [-0.3, -0.25) is 19.3 Å². The first-order valence-electron chi connectivity index (χ1n) is 15.0. The van der Waals surface area contributed by atoms with E-state index < -0.39 is 11.5 Å². The standard InChI is InChI=1S/C34H33Cl2N5O5/c1-18(2)46-34(44)20-16-41(17-20)27-12-11-19-15-26(39-32(45-4)28(19)27)23-9-5-7-21(29(23)35)22-8-6-10-25(30(22)36)38-31(42)24-13-14-37-40(3)33(24)43/h5-10,13-15,18,20,27H,11-12,16-17H2,1-4H3,(H,38,42). The number of benzene rings is 2. The molecule has 238 valence electrons. The van der Waals surface area contributed by atoms with E-state index in [1.165, 1.54) is 19.3 Å². The number of carbonyl (C=O) groups is 2. The Morgan fingerprint density at radius 1 is 1.02 bits per heavy atom. The highest BCUT2D eigenvalue weighted by molar-refractivity contribution is 6.39. The number of halogens is 2. The Labute approximate surface area is 276 Å². The van der Waals surface area contributed by atoms with Crippen LogP contribution in [0.25, 0.3) is 22.4 Å². The number of fused-ring (bicyclic) bond motifs is 1. The van der Waals surface area contributed by atoms with Crippen molar-refractivity contribution in [2.75, 3.05) is 25.5 Å². The second-order valence-corrected chi connectivity index (χ2v) is 12.5. The van der Waals surface area contributed by atoms with Crippen LogP contribution in [0.3, 0.4) is 0 Å². The Bertz CT molecular complexity index is 1900. The van der Waals surface area contributed by atoms with Gasteiger partial charge in [-0.2, -0.15) is 5.10 Å². The van der Waals surface area contributed by atoms with E-state index in [9.17, 15) is 14.4 Å². The number of pyridine rings is 1. The average Bonchev–Trinajstić information content (AvgIpc) is 3.42. The van der Waals surface area contributed by atoms with Crippen LogP contribution in [0.4, 0.5) is 5.69 Å². The van der Waals surface area contributed by atoms with Gasteiger partial charge in [0.15, 0.2) is 0 Å². The molecule has 1 amide bonds. The van der Waals surface area contributed by atoms with Crippen molar-refractivity contribution in [2.45, 2.75) is 38.8 Å². The molecule has 1 fully saturated rings. The highest BCUT2D eigenvalue weighted by atomic mass is 35.5. The summed E-state index contributed by atoms with van der Waals surface area (Å²) in [4.78, 5) is 44.9. The predicted octanol–water partition coefficient (Wildman–Crippen LogP) is 5.95. The van der Waals surface area contributed by atoms with Crippen LogP contribution in [0.15, 0.2) is 59.5 Å². The van der Waals surface area contributed by atoms with Crippen LogP contribution < -0.4 is 15.6 Å². The molecule has 4 aromatic rings. The van der Waals surface area contributed by atoms with Gasteiger partial charge in [-0.05, 0) is 50.5 Å². The summed E-state index contributed by atoms with van der Waals surface area (Å²) in [7, 11) is 3.08. The number of likely N-dealkylation sites (tertiary alicyclic amines) is 1. The Morgan fingerprint density at radius 3 is 2.43 bits per heavy atom. The first-order valence-corrected chi connectivity index (χ1v) is 15.8. The summed E-state index contributed by atoms with van der Waals surface area (Å²) in [6.45, 7) is 5.01. The molecule has 12 heteroatoms. The number of hydrogen-bond donors (Lipinski definition) is 1. The molecule has 2 aliphatic rings. The highest BCUT2D eigenvalue weighted by Crippen LogP contribution is 2.46. The molecule has 2 aromatic carbocycles. The monoisotopic (exact) mass is 661 g/mol. The third-order valence-electron chi connectivity index (χ3n) is 8.42. The minimum Gasteiger partial charge on any atom is -0.481 e. The number of methoxy groups -OCH3 is 1. The molecule has 1 atom stereocenters. The van der Waals surface area contributed by atoms with Crippen LogP contribution in [0.2, 0.25) is 10.0 Å². The summed E-state index contributed by atoms with van der Waals surface area (Å²) in [5, 5.41) is 7.31. The predicted molar refractivity (Wildman–Crippen MR) is 176 cm³/mol. The second kappa shape index (κ2) is 12.9. The average molecular weight is 663 g/mol. The number of aryl methyl sites for hydroxylation is 2. The van der Waals surface area contributed by atoms with E-state index in [1.807, 2.05) is 38.1 Å². The minimum absolute atomic E-state index is 0.0552. The van der Waals surface area contributed by atoms with Crippen molar-refractivity contribution in [1.29, 1.82) is 0 Å². The van der Waals surface area contributed by atoms with Crippen molar-refractivity contribution in [3.05, 3.63) is 91.8 Å². The van der Waals surface area contributed by atoms with Gasteiger partial charge in [-0.15, -0.1) is 0 Å². The van der Waals surface area contributed by atoms with Crippen molar-refractivity contribution < 1.29 is 19.1 Å². The van der Waals surface area contributed by atoms with Crippen molar-refractivity contribution in [3.8, 4) is 28.3 Å². The lowest BCUT2D eigenvalue weighted by Gasteiger charge is -2.42. The minimum atomic E-state index is -0.598. The summed E-state index contributed by atoms with van der Waals surface area (Å²) in [6.07, 6.45) is 3.00. The second-order valence-electron chi connectivity index (χ2n) is 11.7. The molecule has 10 nitrogen and oxygen atoms in total. The first kappa shape index (κ1) is 31.7. The zero-order valence-electron chi connectivity index (χ0n) is 25.8. The Kier molecular flexibility index (Phi) is 8.87. The Balaban J connectivity index is 1.27. The van der Waals surface area contributed by atoms with Crippen LogP contribution in [-0.2, 0) is 23.0 Å². The lowest BCUT2D eigenvalue weighted by Crippen LogP contribution is -2.52. The molecule has 2 aromatic heterocycles. The number of hydrogen-bond acceptors (Lipinski definition) is 8. The third-order valence-corrected chi connectivity index (χ3v) is 9.23. The molecule has 0 spiro atoms. The van der Waals surface area contributed by atoms with E-state index in [0.29, 0.717) is 52.1 Å². The maximum absolute atomic E-state index is 12.9. The van der Waals surface area contributed by atoms with Crippen molar-refractivity contribution in [3.63, 3.8) is 0 Å². The molecule has 1 aliphatic carbocycles. The molecule has 3 heterocycles. The van der Waals surface area contributed by atoms with Gasteiger partial charge in [0, 0.05) is 54.6 Å².